The first-order valence-corrected chi connectivity index (χ1v) is 8.69. The van der Waals surface area contributed by atoms with Crippen molar-refractivity contribution in [1.82, 2.24) is 16.0 Å². The second-order valence-corrected chi connectivity index (χ2v) is 5.59. The summed E-state index contributed by atoms with van der Waals surface area (Å²) in [5, 5.41) is 8.63. The predicted octanol–water partition coefficient (Wildman–Crippen LogP) is 2.22. The van der Waals surface area contributed by atoms with Crippen molar-refractivity contribution in [2.24, 2.45) is 4.99 Å². The van der Waals surface area contributed by atoms with Gasteiger partial charge in [-0.2, -0.15) is 8.78 Å². The normalized spacial score (nSPS) is 12.4. The van der Waals surface area contributed by atoms with Crippen molar-refractivity contribution in [3.8, 4) is 17.2 Å². The number of fused-ring (bicyclic) bond motifs is 1. The van der Waals surface area contributed by atoms with Crippen LogP contribution in [0.2, 0.25) is 0 Å². The third kappa shape index (κ3) is 7.52. The van der Waals surface area contributed by atoms with Crippen LogP contribution >= 0.6 is 24.0 Å². The Bertz CT molecular complexity index is 677. The molecule has 3 N–H and O–H groups in total. The molecule has 8 nitrogen and oxygen atoms in total. The van der Waals surface area contributed by atoms with Crippen molar-refractivity contribution in [3.05, 3.63) is 17.7 Å². The molecule has 1 aromatic rings. The van der Waals surface area contributed by atoms with Gasteiger partial charge in [0.15, 0.2) is 17.5 Å². The Balaban J connectivity index is 0.00000392. The zero-order valence-electron chi connectivity index (χ0n) is 15.7. The number of carbonyl (C=O) groups is 1. The summed E-state index contributed by atoms with van der Waals surface area (Å²) < 4.78 is 40.4. The van der Waals surface area contributed by atoms with Crippen LogP contribution in [0.1, 0.15) is 25.8 Å². The van der Waals surface area contributed by atoms with E-state index in [9.17, 15) is 13.6 Å². The molecule has 0 saturated heterocycles. The Morgan fingerprint density at radius 2 is 1.93 bits per heavy atom. The van der Waals surface area contributed by atoms with Crippen LogP contribution in [0.3, 0.4) is 0 Å². The fraction of sp³-hybridized carbons (Fsp3) is 0.529. The van der Waals surface area contributed by atoms with Crippen LogP contribution in [0.25, 0.3) is 0 Å². The lowest BCUT2D eigenvalue weighted by Gasteiger charge is -2.13. The summed E-state index contributed by atoms with van der Waals surface area (Å²) in [5.41, 5.74) is 0.409. The molecule has 0 saturated carbocycles. The molecular formula is C17H25F2IN4O4. The van der Waals surface area contributed by atoms with E-state index >= 15 is 0 Å². The van der Waals surface area contributed by atoms with Crippen LogP contribution in [-0.2, 0) is 11.3 Å². The number of hydrogen-bond acceptors (Lipinski definition) is 5. The molecule has 0 atom stereocenters. The minimum absolute atomic E-state index is 0. The summed E-state index contributed by atoms with van der Waals surface area (Å²) in [7, 11) is 0. The summed E-state index contributed by atoms with van der Waals surface area (Å²) in [6, 6.07) is 2.92. The topological polar surface area (TPSA) is 93.2 Å². The van der Waals surface area contributed by atoms with Crippen molar-refractivity contribution < 1.29 is 27.8 Å². The minimum Gasteiger partial charge on any atom is -0.454 e. The number of alkyl halides is 2. The van der Waals surface area contributed by atoms with Gasteiger partial charge in [-0.15, -0.1) is 24.0 Å². The molecule has 0 fully saturated rings. The summed E-state index contributed by atoms with van der Waals surface area (Å²) in [5.74, 6) is 0.973. The standard InChI is InChI=1S/C17H24F2N4O4.HI/c1-3-5-21-15(24)9-23-17(20-4-2)22-8-11-6-13-14(26-10-25-13)7-12(11)27-16(18)19;/h6-7,16H,3-5,8-10H2,1-2H3,(H,21,24)(H2,20,22,23);1H. The molecule has 1 aliphatic rings. The lowest BCUT2D eigenvalue weighted by molar-refractivity contribution is -0.120. The molecule has 28 heavy (non-hydrogen) atoms. The molecule has 1 aliphatic heterocycles. The first-order valence-electron chi connectivity index (χ1n) is 8.69. The highest BCUT2D eigenvalue weighted by Gasteiger charge is 2.20. The number of hydrogen-bond donors (Lipinski definition) is 3. The number of amides is 1. The van der Waals surface area contributed by atoms with Gasteiger partial charge in [-0.05, 0) is 19.4 Å². The SMILES string of the molecule is CCCNC(=O)CNC(=NCc1cc2c(cc1OC(F)F)OCO2)NCC.I. The molecule has 0 aliphatic carbocycles. The molecule has 1 aromatic carbocycles. The molecule has 11 heteroatoms. The Morgan fingerprint density at radius 3 is 2.57 bits per heavy atom. The number of guanidine groups is 1. The number of nitrogens with one attached hydrogen (secondary N) is 3. The average molecular weight is 514 g/mol. The number of nitrogens with zero attached hydrogens (tertiary/aromatic N) is 1. The number of rotatable bonds is 9. The monoisotopic (exact) mass is 514 g/mol. The lowest BCUT2D eigenvalue weighted by Crippen LogP contribution is -2.43. The number of ether oxygens (including phenoxy) is 3. The van der Waals surface area contributed by atoms with Gasteiger partial charge in [-0.3, -0.25) is 4.79 Å². The summed E-state index contributed by atoms with van der Waals surface area (Å²) >= 11 is 0. The fourth-order valence-electron chi connectivity index (χ4n) is 2.29. The van der Waals surface area contributed by atoms with Gasteiger partial charge in [-0.1, -0.05) is 6.92 Å². The fourth-order valence-corrected chi connectivity index (χ4v) is 2.29. The lowest BCUT2D eigenvalue weighted by atomic mass is 10.1. The van der Waals surface area contributed by atoms with E-state index in [1.54, 1.807) is 6.07 Å². The molecule has 0 unspecified atom stereocenters. The highest BCUT2D eigenvalue weighted by Crippen LogP contribution is 2.38. The third-order valence-corrected chi connectivity index (χ3v) is 3.51. The summed E-state index contributed by atoms with van der Waals surface area (Å²) in [4.78, 5) is 16.0. The highest BCUT2D eigenvalue weighted by atomic mass is 127. The molecule has 0 bridgehead atoms. The first kappa shape index (κ1) is 24.0. The second-order valence-electron chi connectivity index (χ2n) is 5.59. The van der Waals surface area contributed by atoms with Crippen molar-refractivity contribution >= 4 is 35.8 Å². The van der Waals surface area contributed by atoms with Gasteiger partial charge in [-0.25, -0.2) is 4.99 Å². The number of benzene rings is 1. The molecular weight excluding hydrogens is 489 g/mol. The van der Waals surface area contributed by atoms with E-state index in [1.807, 2.05) is 13.8 Å². The average Bonchev–Trinajstić information content (AvgIpc) is 3.08. The van der Waals surface area contributed by atoms with Crippen molar-refractivity contribution in [2.75, 3.05) is 26.4 Å². The first-order chi connectivity index (χ1) is 13.0. The number of halogens is 3. The Morgan fingerprint density at radius 1 is 1.21 bits per heavy atom. The minimum atomic E-state index is -2.97. The molecule has 158 valence electrons. The zero-order chi connectivity index (χ0) is 19.6. The largest absolute Gasteiger partial charge is 0.454 e. The van der Waals surface area contributed by atoms with Gasteiger partial charge in [0, 0.05) is 24.7 Å². The van der Waals surface area contributed by atoms with Gasteiger partial charge in [0.2, 0.25) is 12.7 Å². The molecule has 1 heterocycles. The second kappa shape index (κ2) is 12.4. The quantitative estimate of drug-likeness (QED) is 0.266. The summed E-state index contributed by atoms with van der Waals surface area (Å²) in [6.45, 7) is 2.15. The maximum Gasteiger partial charge on any atom is 0.387 e. The molecule has 0 spiro atoms. The number of carbonyl (C=O) groups excluding carboxylic acids is 1. The maximum atomic E-state index is 12.7. The summed E-state index contributed by atoms with van der Waals surface area (Å²) in [6.07, 6.45) is 0.844. The molecule has 1 amide bonds. The van der Waals surface area contributed by atoms with E-state index in [1.165, 1.54) is 6.07 Å². The van der Waals surface area contributed by atoms with E-state index in [4.69, 9.17) is 9.47 Å². The maximum absolute atomic E-state index is 12.7. The van der Waals surface area contributed by atoms with Gasteiger partial charge in [0.05, 0.1) is 13.1 Å². The van der Waals surface area contributed by atoms with E-state index in [0.717, 1.165) is 6.42 Å². The van der Waals surface area contributed by atoms with E-state index < -0.39 is 6.61 Å². The van der Waals surface area contributed by atoms with Crippen molar-refractivity contribution in [2.45, 2.75) is 33.4 Å². The highest BCUT2D eigenvalue weighted by molar-refractivity contribution is 14.0. The van der Waals surface area contributed by atoms with E-state index in [0.29, 0.717) is 36.1 Å². The predicted molar refractivity (Wildman–Crippen MR) is 111 cm³/mol. The van der Waals surface area contributed by atoms with Gasteiger partial charge >= 0.3 is 6.61 Å². The van der Waals surface area contributed by atoms with Gasteiger partial charge in [0.25, 0.3) is 0 Å². The van der Waals surface area contributed by atoms with Crippen LogP contribution in [0.4, 0.5) is 8.78 Å². The Hall–Kier alpha value is -2.05. The van der Waals surface area contributed by atoms with Crippen LogP contribution < -0.4 is 30.2 Å². The Kier molecular flexibility index (Phi) is 10.6. The van der Waals surface area contributed by atoms with Gasteiger partial charge in [0.1, 0.15) is 5.75 Å². The molecule has 0 radical (unpaired) electrons. The van der Waals surface area contributed by atoms with Crippen molar-refractivity contribution in [1.29, 1.82) is 0 Å². The Labute approximate surface area is 179 Å². The van der Waals surface area contributed by atoms with E-state index in [2.05, 4.69) is 25.7 Å². The smallest absolute Gasteiger partial charge is 0.387 e. The van der Waals surface area contributed by atoms with Crippen LogP contribution in [0.15, 0.2) is 17.1 Å². The third-order valence-electron chi connectivity index (χ3n) is 3.51. The molecule has 0 aromatic heterocycles. The van der Waals surface area contributed by atoms with Crippen LogP contribution in [0.5, 0.6) is 17.2 Å². The van der Waals surface area contributed by atoms with E-state index in [-0.39, 0.29) is 55.5 Å². The number of aliphatic imine (C=N–C) groups is 1. The zero-order valence-corrected chi connectivity index (χ0v) is 18.0. The van der Waals surface area contributed by atoms with Crippen molar-refractivity contribution in [3.63, 3.8) is 0 Å². The molecule has 2 rings (SSSR count). The van der Waals surface area contributed by atoms with Crippen LogP contribution in [0, 0.1) is 0 Å². The van der Waals surface area contributed by atoms with Crippen LogP contribution in [-0.4, -0.2) is 44.9 Å². The van der Waals surface area contributed by atoms with Gasteiger partial charge < -0.3 is 30.2 Å².